The van der Waals surface area contributed by atoms with E-state index in [0.29, 0.717) is 32.0 Å². The third-order valence-corrected chi connectivity index (χ3v) is 3.57. The molecule has 0 fully saturated rings. The van der Waals surface area contributed by atoms with Crippen LogP contribution in [0.3, 0.4) is 0 Å². The van der Waals surface area contributed by atoms with Crippen LogP contribution in [0, 0.1) is 12.7 Å². The smallest absolute Gasteiger partial charge is 0.191 e. The highest BCUT2D eigenvalue weighted by Gasteiger charge is 2.05. The van der Waals surface area contributed by atoms with Crippen molar-refractivity contribution in [2.24, 2.45) is 12.0 Å². The second-order valence-corrected chi connectivity index (χ2v) is 5.36. The summed E-state index contributed by atoms with van der Waals surface area (Å²) in [7, 11) is 1.91. The maximum Gasteiger partial charge on any atom is 0.191 e. The maximum atomic E-state index is 13.2. The van der Waals surface area contributed by atoms with Crippen LogP contribution in [-0.2, 0) is 20.0 Å². The van der Waals surface area contributed by atoms with Gasteiger partial charge in [-0.15, -0.1) is 16.8 Å². The van der Waals surface area contributed by atoms with Crippen LogP contribution in [-0.4, -0.2) is 33.8 Å². The molecule has 1 aromatic heterocycles. The van der Waals surface area contributed by atoms with Crippen molar-refractivity contribution in [1.82, 2.24) is 25.4 Å². The van der Waals surface area contributed by atoms with E-state index in [-0.39, 0.29) is 5.82 Å². The Balaban J connectivity index is 1.93. The predicted octanol–water partition coefficient (Wildman–Crippen LogP) is 1.73. The number of guanidine groups is 1. The van der Waals surface area contributed by atoms with E-state index in [2.05, 4.69) is 32.4 Å². The number of aromatic nitrogens is 3. The first kappa shape index (κ1) is 17.7. The molecule has 0 spiro atoms. The van der Waals surface area contributed by atoms with Crippen molar-refractivity contribution in [2.45, 2.75) is 19.9 Å². The zero-order valence-electron chi connectivity index (χ0n) is 14.1. The van der Waals surface area contributed by atoms with Crippen molar-refractivity contribution in [1.29, 1.82) is 0 Å². The van der Waals surface area contributed by atoms with Gasteiger partial charge in [-0.05, 0) is 31.0 Å². The first-order valence-corrected chi connectivity index (χ1v) is 7.82. The number of benzene rings is 1. The molecular formula is C17H23FN6. The van der Waals surface area contributed by atoms with Crippen LogP contribution in [0.2, 0.25) is 0 Å². The van der Waals surface area contributed by atoms with Gasteiger partial charge in [0.05, 0.1) is 0 Å². The molecule has 0 unspecified atom stereocenters. The van der Waals surface area contributed by atoms with Crippen LogP contribution in [0.15, 0.2) is 41.9 Å². The summed E-state index contributed by atoms with van der Waals surface area (Å²) in [5.74, 6) is 2.08. The molecule has 0 aliphatic heterocycles. The lowest BCUT2D eigenvalue weighted by Gasteiger charge is -2.11. The lowest BCUT2D eigenvalue weighted by atomic mass is 10.1. The van der Waals surface area contributed by atoms with Crippen molar-refractivity contribution in [2.75, 3.05) is 13.1 Å². The fourth-order valence-corrected chi connectivity index (χ4v) is 2.10. The number of rotatable bonds is 7. The molecular weight excluding hydrogens is 307 g/mol. The number of hydrogen-bond acceptors (Lipinski definition) is 3. The molecule has 2 aromatic rings. The summed E-state index contributed by atoms with van der Waals surface area (Å²) in [6.07, 6.45) is 2.46. The lowest BCUT2D eigenvalue weighted by molar-refractivity contribution is 0.625. The largest absolute Gasteiger partial charge is 0.356 e. The van der Waals surface area contributed by atoms with Gasteiger partial charge in [-0.3, -0.25) is 0 Å². The van der Waals surface area contributed by atoms with Crippen molar-refractivity contribution in [3.8, 4) is 0 Å². The molecule has 0 aliphatic rings. The molecule has 2 rings (SSSR count). The first-order chi connectivity index (χ1) is 11.6. The minimum absolute atomic E-state index is 0.219. The number of aryl methyl sites for hydroxylation is 1. The van der Waals surface area contributed by atoms with E-state index in [1.807, 2.05) is 24.6 Å². The number of aliphatic imine (C=N–C) groups is 1. The van der Waals surface area contributed by atoms with Crippen LogP contribution in [0.4, 0.5) is 4.39 Å². The second-order valence-electron chi connectivity index (χ2n) is 5.36. The van der Waals surface area contributed by atoms with Gasteiger partial charge in [0.15, 0.2) is 11.8 Å². The van der Waals surface area contributed by atoms with Crippen LogP contribution in [0.5, 0.6) is 0 Å². The van der Waals surface area contributed by atoms with Gasteiger partial charge in [0.1, 0.15) is 18.2 Å². The zero-order chi connectivity index (χ0) is 17.4. The molecule has 0 saturated carbocycles. The Morgan fingerprint density at radius 1 is 1.38 bits per heavy atom. The quantitative estimate of drug-likeness (QED) is 0.461. The SMILES string of the molecule is C=CCNC(=NCc1nnc(C)n1C)NCCc1cccc(F)c1. The van der Waals surface area contributed by atoms with Gasteiger partial charge in [-0.2, -0.15) is 0 Å². The lowest BCUT2D eigenvalue weighted by Crippen LogP contribution is -2.38. The standard InChI is InChI=1S/C17H23FN6/c1-4-9-19-17(21-12-16-23-22-13(2)24(16)3)20-10-8-14-6-5-7-15(18)11-14/h4-7,11H,1,8-10,12H2,2-3H3,(H2,19,20,21). The average molecular weight is 330 g/mol. The summed E-state index contributed by atoms with van der Waals surface area (Å²) in [6, 6.07) is 6.60. The van der Waals surface area contributed by atoms with Gasteiger partial charge < -0.3 is 15.2 Å². The molecule has 6 nitrogen and oxygen atoms in total. The van der Waals surface area contributed by atoms with Crippen LogP contribution in [0.1, 0.15) is 17.2 Å². The molecule has 1 heterocycles. The minimum Gasteiger partial charge on any atom is -0.356 e. The molecule has 24 heavy (non-hydrogen) atoms. The second kappa shape index (κ2) is 8.81. The van der Waals surface area contributed by atoms with Crippen molar-refractivity contribution in [3.05, 3.63) is 59.9 Å². The monoisotopic (exact) mass is 330 g/mol. The highest BCUT2D eigenvalue weighted by Crippen LogP contribution is 2.03. The normalized spacial score (nSPS) is 11.4. The van der Waals surface area contributed by atoms with E-state index in [9.17, 15) is 4.39 Å². The summed E-state index contributed by atoms with van der Waals surface area (Å²) >= 11 is 0. The van der Waals surface area contributed by atoms with E-state index >= 15 is 0 Å². The highest BCUT2D eigenvalue weighted by atomic mass is 19.1. The summed E-state index contributed by atoms with van der Waals surface area (Å²) in [6.45, 7) is 7.25. The van der Waals surface area contributed by atoms with Gasteiger partial charge in [0.25, 0.3) is 0 Å². The number of nitrogens with zero attached hydrogens (tertiary/aromatic N) is 4. The summed E-state index contributed by atoms with van der Waals surface area (Å²) in [5.41, 5.74) is 0.939. The third kappa shape index (κ3) is 5.19. The maximum absolute atomic E-state index is 13.2. The fraction of sp³-hybridized carbons (Fsp3) is 0.353. The Labute approximate surface area is 141 Å². The number of hydrogen-bond donors (Lipinski definition) is 2. The Morgan fingerprint density at radius 3 is 2.88 bits per heavy atom. The Kier molecular flexibility index (Phi) is 6.48. The number of halogens is 1. The van der Waals surface area contributed by atoms with Gasteiger partial charge >= 0.3 is 0 Å². The van der Waals surface area contributed by atoms with Crippen molar-refractivity contribution < 1.29 is 4.39 Å². The minimum atomic E-state index is -0.219. The van der Waals surface area contributed by atoms with E-state index in [4.69, 9.17) is 0 Å². The van der Waals surface area contributed by atoms with Gasteiger partial charge in [0.2, 0.25) is 0 Å². The summed E-state index contributed by atoms with van der Waals surface area (Å²) < 4.78 is 15.1. The molecule has 2 N–H and O–H groups in total. The van der Waals surface area contributed by atoms with E-state index in [0.717, 1.165) is 17.2 Å². The molecule has 1 aromatic carbocycles. The Morgan fingerprint density at radius 2 is 2.21 bits per heavy atom. The van der Waals surface area contributed by atoms with Crippen molar-refractivity contribution >= 4 is 5.96 Å². The van der Waals surface area contributed by atoms with E-state index < -0.39 is 0 Å². The van der Waals surface area contributed by atoms with Gasteiger partial charge in [0, 0.05) is 20.1 Å². The molecule has 0 amide bonds. The van der Waals surface area contributed by atoms with Crippen LogP contribution in [0.25, 0.3) is 0 Å². The Hall–Kier alpha value is -2.70. The molecule has 0 bridgehead atoms. The van der Waals surface area contributed by atoms with Gasteiger partial charge in [-0.25, -0.2) is 9.38 Å². The zero-order valence-corrected chi connectivity index (χ0v) is 14.1. The third-order valence-electron chi connectivity index (χ3n) is 3.57. The molecule has 0 atom stereocenters. The van der Waals surface area contributed by atoms with Gasteiger partial charge in [-0.1, -0.05) is 18.2 Å². The fourth-order valence-electron chi connectivity index (χ4n) is 2.10. The summed E-state index contributed by atoms with van der Waals surface area (Å²) in [4.78, 5) is 4.50. The van der Waals surface area contributed by atoms with E-state index in [1.165, 1.54) is 12.1 Å². The topological polar surface area (TPSA) is 67.1 Å². The number of nitrogens with one attached hydrogen (secondary N) is 2. The van der Waals surface area contributed by atoms with E-state index in [1.54, 1.807) is 12.1 Å². The Bertz CT molecular complexity index is 707. The van der Waals surface area contributed by atoms with Crippen LogP contribution >= 0.6 is 0 Å². The molecule has 0 radical (unpaired) electrons. The van der Waals surface area contributed by atoms with Crippen molar-refractivity contribution in [3.63, 3.8) is 0 Å². The predicted molar refractivity (Wildman–Crippen MR) is 93.2 cm³/mol. The molecule has 0 saturated heterocycles. The van der Waals surface area contributed by atoms with Crippen LogP contribution < -0.4 is 10.6 Å². The first-order valence-electron chi connectivity index (χ1n) is 7.82. The highest BCUT2D eigenvalue weighted by molar-refractivity contribution is 5.79. The average Bonchev–Trinajstić information content (AvgIpc) is 2.89. The molecule has 7 heteroatoms. The summed E-state index contributed by atoms with van der Waals surface area (Å²) in [5, 5.41) is 14.5. The molecule has 0 aliphatic carbocycles. The molecule has 128 valence electrons.